The monoisotopic (exact) mass is 323 g/mol. The summed E-state index contributed by atoms with van der Waals surface area (Å²) in [6.07, 6.45) is 0. The molecule has 0 saturated heterocycles. The van der Waals surface area contributed by atoms with Gasteiger partial charge < -0.3 is 0 Å². The Balaban J connectivity index is 2.64. The molecule has 0 atom stereocenters. The topological polar surface area (TPSA) is 149 Å². The van der Waals surface area contributed by atoms with Gasteiger partial charge in [-0.3, -0.25) is 10.1 Å². The molecular formula is C9H13N3O6S2. The molecule has 11 heteroatoms. The number of nitro benzene ring substituents is 1. The molecule has 1 aromatic carbocycles. The van der Waals surface area contributed by atoms with E-state index in [2.05, 4.69) is 4.72 Å². The summed E-state index contributed by atoms with van der Waals surface area (Å²) < 4.78 is 46.6. The fourth-order valence-electron chi connectivity index (χ4n) is 1.32. The van der Waals surface area contributed by atoms with E-state index in [9.17, 15) is 26.9 Å². The number of sulfonamides is 2. The highest BCUT2D eigenvalue weighted by Crippen LogP contribution is 2.13. The van der Waals surface area contributed by atoms with Gasteiger partial charge in [-0.25, -0.2) is 26.7 Å². The predicted octanol–water partition coefficient (Wildman–Crippen LogP) is -0.697. The van der Waals surface area contributed by atoms with E-state index in [1.54, 1.807) is 0 Å². The van der Waals surface area contributed by atoms with Crippen molar-refractivity contribution in [2.75, 3.05) is 12.3 Å². The van der Waals surface area contributed by atoms with Crippen LogP contribution in [0.15, 0.2) is 24.3 Å². The third-order valence-electron chi connectivity index (χ3n) is 2.21. The lowest BCUT2D eigenvalue weighted by molar-refractivity contribution is -0.384. The molecule has 0 amide bonds. The SMILES string of the molecule is NS(=O)(=O)CCNS(=O)(=O)Cc1ccc([N+](=O)[O-])cc1. The molecule has 0 aliphatic rings. The van der Waals surface area contributed by atoms with E-state index in [1.807, 2.05) is 0 Å². The van der Waals surface area contributed by atoms with Crippen LogP contribution in [0.4, 0.5) is 5.69 Å². The summed E-state index contributed by atoms with van der Waals surface area (Å²) >= 11 is 0. The Kier molecular flexibility index (Phi) is 5.16. The lowest BCUT2D eigenvalue weighted by Crippen LogP contribution is -2.32. The first-order valence-electron chi connectivity index (χ1n) is 5.30. The zero-order valence-electron chi connectivity index (χ0n) is 10.2. The summed E-state index contributed by atoms with van der Waals surface area (Å²) in [5, 5.41) is 15.2. The molecule has 0 aliphatic heterocycles. The van der Waals surface area contributed by atoms with Crippen molar-refractivity contribution in [1.82, 2.24) is 4.72 Å². The highest BCUT2D eigenvalue weighted by Gasteiger charge is 2.13. The zero-order valence-corrected chi connectivity index (χ0v) is 11.9. The maximum atomic E-state index is 11.6. The fraction of sp³-hybridized carbons (Fsp3) is 0.333. The van der Waals surface area contributed by atoms with Crippen LogP contribution in [0.1, 0.15) is 5.56 Å². The van der Waals surface area contributed by atoms with Crippen molar-refractivity contribution in [1.29, 1.82) is 0 Å². The average molecular weight is 323 g/mol. The van der Waals surface area contributed by atoms with E-state index in [0.717, 1.165) is 0 Å². The minimum absolute atomic E-state index is 0.145. The molecule has 9 nitrogen and oxygen atoms in total. The molecule has 0 radical (unpaired) electrons. The minimum Gasteiger partial charge on any atom is -0.258 e. The van der Waals surface area contributed by atoms with Crippen LogP contribution in [0.25, 0.3) is 0 Å². The highest BCUT2D eigenvalue weighted by atomic mass is 32.2. The number of hydrogen-bond acceptors (Lipinski definition) is 6. The van der Waals surface area contributed by atoms with E-state index in [0.29, 0.717) is 5.56 Å². The first-order valence-corrected chi connectivity index (χ1v) is 8.67. The number of non-ortho nitro benzene ring substituents is 1. The number of nitro groups is 1. The molecule has 0 fully saturated rings. The van der Waals surface area contributed by atoms with Gasteiger partial charge in [-0.05, 0) is 5.56 Å². The van der Waals surface area contributed by atoms with Gasteiger partial charge in [0.15, 0.2) is 0 Å². The van der Waals surface area contributed by atoms with E-state index in [-0.39, 0.29) is 12.2 Å². The molecule has 1 rings (SSSR count). The Morgan fingerprint density at radius 3 is 2.15 bits per heavy atom. The number of nitrogens with one attached hydrogen (secondary N) is 1. The normalized spacial score (nSPS) is 12.2. The Morgan fingerprint density at radius 2 is 1.70 bits per heavy atom. The Hall–Kier alpha value is -1.56. The van der Waals surface area contributed by atoms with E-state index in [1.165, 1.54) is 24.3 Å². The molecule has 0 bridgehead atoms. The lowest BCUT2D eigenvalue weighted by Gasteiger charge is -2.06. The number of nitrogens with zero attached hydrogens (tertiary/aromatic N) is 1. The Labute approximate surface area is 116 Å². The van der Waals surface area contributed by atoms with Crippen molar-refractivity contribution in [3.63, 3.8) is 0 Å². The molecule has 0 saturated carbocycles. The maximum Gasteiger partial charge on any atom is 0.269 e. The summed E-state index contributed by atoms with van der Waals surface area (Å²) in [5.74, 6) is -0.915. The molecule has 20 heavy (non-hydrogen) atoms. The summed E-state index contributed by atoms with van der Waals surface area (Å²) in [7, 11) is -7.47. The second-order valence-electron chi connectivity index (χ2n) is 3.94. The molecule has 0 aliphatic carbocycles. The van der Waals surface area contributed by atoms with Crippen LogP contribution in [0.5, 0.6) is 0 Å². The summed E-state index contributed by atoms with van der Waals surface area (Å²) in [4.78, 5) is 9.84. The lowest BCUT2D eigenvalue weighted by atomic mass is 10.2. The van der Waals surface area contributed by atoms with E-state index >= 15 is 0 Å². The maximum absolute atomic E-state index is 11.6. The average Bonchev–Trinajstić information content (AvgIpc) is 2.26. The van der Waals surface area contributed by atoms with Gasteiger partial charge in [-0.15, -0.1) is 0 Å². The Bertz CT molecular complexity index is 681. The number of nitrogens with two attached hydrogens (primary N) is 1. The Morgan fingerprint density at radius 1 is 1.15 bits per heavy atom. The molecule has 1 aromatic rings. The third kappa shape index (κ3) is 6.06. The van der Waals surface area contributed by atoms with Crippen molar-refractivity contribution >= 4 is 25.7 Å². The third-order valence-corrected chi connectivity index (χ3v) is 4.34. The first kappa shape index (κ1) is 16.5. The van der Waals surface area contributed by atoms with Gasteiger partial charge in [0.1, 0.15) is 0 Å². The van der Waals surface area contributed by atoms with Gasteiger partial charge in [0.2, 0.25) is 20.0 Å². The molecular weight excluding hydrogens is 310 g/mol. The second-order valence-corrected chi connectivity index (χ2v) is 7.48. The van der Waals surface area contributed by atoms with Crippen LogP contribution in [0, 0.1) is 10.1 Å². The van der Waals surface area contributed by atoms with Crippen molar-refractivity contribution in [2.45, 2.75) is 5.75 Å². The van der Waals surface area contributed by atoms with Crippen LogP contribution in [-0.2, 0) is 25.8 Å². The van der Waals surface area contributed by atoms with Gasteiger partial charge in [0, 0.05) is 18.7 Å². The smallest absolute Gasteiger partial charge is 0.258 e. The quantitative estimate of drug-likeness (QED) is 0.500. The zero-order chi connectivity index (χ0) is 15.4. The van der Waals surface area contributed by atoms with Crippen molar-refractivity contribution in [3.8, 4) is 0 Å². The molecule has 0 spiro atoms. The van der Waals surface area contributed by atoms with Crippen molar-refractivity contribution in [2.24, 2.45) is 5.14 Å². The second kappa shape index (κ2) is 6.26. The van der Waals surface area contributed by atoms with Gasteiger partial charge in [-0.1, -0.05) is 12.1 Å². The van der Waals surface area contributed by atoms with Gasteiger partial charge in [-0.2, -0.15) is 0 Å². The number of benzene rings is 1. The number of primary sulfonamides is 1. The van der Waals surface area contributed by atoms with E-state index < -0.39 is 36.5 Å². The predicted molar refractivity (Wildman–Crippen MR) is 71.7 cm³/mol. The van der Waals surface area contributed by atoms with Crippen molar-refractivity contribution < 1.29 is 21.8 Å². The summed E-state index contributed by atoms with van der Waals surface area (Å²) in [6, 6.07) is 5.01. The molecule has 0 aromatic heterocycles. The highest BCUT2D eigenvalue weighted by molar-refractivity contribution is 7.89. The van der Waals surface area contributed by atoms with Crippen molar-refractivity contribution in [3.05, 3.63) is 39.9 Å². The van der Waals surface area contributed by atoms with Gasteiger partial charge in [0.25, 0.3) is 5.69 Å². The first-order chi connectivity index (χ1) is 9.09. The fourth-order valence-corrected chi connectivity index (χ4v) is 2.99. The summed E-state index contributed by atoms with van der Waals surface area (Å²) in [6.45, 7) is -0.325. The number of hydrogen-bond donors (Lipinski definition) is 2. The van der Waals surface area contributed by atoms with Gasteiger partial charge >= 0.3 is 0 Å². The molecule has 112 valence electrons. The van der Waals surface area contributed by atoms with Crippen LogP contribution in [0.3, 0.4) is 0 Å². The van der Waals surface area contributed by atoms with Gasteiger partial charge in [0.05, 0.1) is 16.4 Å². The van der Waals surface area contributed by atoms with E-state index in [4.69, 9.17) is 5.14 Å². The molecule has 3 N–H and O–H groups in total. The van der Waals surface area contributed by atoms with Crippen LogP contribution in [-0.4, -0.2) is 34.1 Å². The summed E-state index contributed by atoms with van der Waals surface area (Å²) in [5.41, 5.74) is 0.201. The van der Waals surface area contributed by atoms with Crippen LogP contribution in [0.2, 0.25) is 0 Å². The largest absolute Gasteiger partial charge is 0.269 e. The molecule has 0 heterocycles. The van der Waals surface area contributed by atoms with Crippen LogP contribution < -0.4 is 9.86 Å². The molecule has 0 unspecified atom stereocenters. The van der Waals surface area contributed by atoms with Crippen LogP contribution >= 0.6 is 0 Å². The minimum atomic E-state index is -3.74. The number of rotatable bonds is 7. The standard InChI is InChI=1S/C9H13N3O6S2/c10-19(15,16)6-5-11-20(17,18)7-8-1-3-9(4-2-8)12(13)14/h1-4,11H,5-7H2,(H2,10,15,16).